The minimum Gasteiger partial charge on any atom is -0.481 e. The molecule has 0 spiro atoms. The van der Waals surface area contributed by atoms with Crippen LogP contribution in [0.15, 0.2) is 0 Å². The van der Waals surface area contributed by atoms with Crippen molar-refractivity contribution in [1.29, 1.82) is 0 Å². The Hall–Kier alpha value is -0.860. The second-order valence-electron chi connectivity index (χ2n) is 2.73. The quantitative estimate of drug-likeness (QED) is 0.771. The van der Waals surface area contributed by atoms with Gasteiger partial charge in [-0.15, -0.1) is 0 Å². The zero-order chi connectivity index (χ0) is 11.8. The monoisotopic (exact) mass is 242 g/mol. The smallest absolute Gasteiger partial charge is 0.305 e. The Balaban J connectivity index is 5.26. The van der Waals surface area contributed by atoms with Gasteiger partial charge < -0.3 is 5.11 Å². The number of carboxylic acids is 1. The molecule has 86 valence electrons. The van der Waals surface area contributed by atoms with E-state index in [0.29, 0.717) is 0 Å². The molecule has 0 aliphatic rings. The van der Waals surface area contributed by atoms with Gasteiger partial charge in [0.2, 0.25) is 0 Å². The minimum atomic E-state index is -10.0. The van der Waals surface area contributed by atoms with Crippen LogP contribution in [0.5, 0.6) is 0 Å². The zero-order valence-electron chi connectivity index (χ0n) is 6.85. The molecule has 0 aromatic heterocycles. The number of carbonyl (C=O) groups excluding carboxylic acids is 1. The number of rotatable bonds is 4. The summed E-state index contributed by atoms with van der Waals surface area (Å²) in [4.78, 5) is 20.2. The third-order valence-corrected chi connectivity index (χ3v) is 2.93. The molecule has 1 atom stereocenters. The lowest BCUT2D eigenvalue weighted by atomic mass is 10.2. The lowest BCUT2D eigenvalue weighted by Crippen LogP contribution is -2.33. The third kappa shape index (κ3) is 3.90. The Bertz CT molecular complexity index is 280. The molecule has 3 nitrogen and oxygen atoms in total. The molecule has 14 heavy (non-hydrogen) atoms. The Kier molecular flexibility index (Phi) is 2.43. The van der Waals surface area contributed by atoms with Crippen molar-refractivity contribution in [3.63, 3.8) is 0 Å². The first-order valence-corrected chi connectivity index (χ1v) is 5.20. The van der Waals surface area contributed by atoms with Crippen molar-refractivity contribution in [3.05, 3.63) is 0 Å². The molecule has 0 saturated carbocycles. The average molecular weight is 242 g/mol. The van der Waals surface area contributed by atoms with Crippen LogP contribution >= 0.6 is 10.2 Å². The molecule has 0 amide bonds. The summed E-state index contributed by atoms with van der Waals surface area (Å²) in [5.41, 5.74) is 0. The van der Waals surface area contributed by atoms with Gasteiger partial charge >= 0.3 is 5.97 Å². The summed E-state index contributed by atoms with van der Waals surface area (Å²) >= 11 is 0. The summed E-state index contributed by atoms with van der Waals surface area (Å²) < 4.78 is 60.0. The maximum atomic E-state index is 12.0. The average Bonchev–Trinajstić information content (AvgIpc) is 1.75. The molecule has 1 unspecified atom stereocenters. The van der Waals surface area contributed by atoms with Crippen molar-refractivity contribution < 1.29 is 34.1 Å². The predicted octanol–water partition coefficient (Wildman–Crippen LogP) is 2.72. The van der Waals surface area contributed by atoms with E-state index in [2.05, 4.69) is 0 Å². The molecule has 0 fully saturated rings. The largest absolute Gasteiger partial charge is 0.481 e. The van der Waals surface area contributed by atoms with Crippen molar-refractivity contribution in [2.75, 3.05) is 0 Å². The van der Waals surface area contributed by atoms with Crippen LogP contribution in [0, 0.1) is 0 Å². The Morgan fingerprint density at radius 1 is 1.21 bits per heavy atom. The minimum absolute atomic E-state index is 0.283. The number of hydrogen-bond donors (Lipinski definition) is 1. The van der Waals surface area contributed by atoms with Gasteiger partial charge in [-0.1, -0.05) is 19.4 Å². The van der Waals surface area contributed by atoms with Crippen LogP contribution in [0.3, 0.4) is 0 Å². The van der Waals surface area contributed by atoms with Crippen LogP contribution in [-0.4, -0.2) is 22.1 Å². The van der Waals surface area contributed by atoms with Crippen molar-refractivity contribution >= 4 is 22.0 Å². The second-order valence-corrected chi connectivity index (χ2v) is 5.35. The maximum absolute atomic E-state index is 12.0. The van der Waals surface area contributed by atoms with Crippen LogP contribution in [0.2, 0.25) is 0 Å². The van der Waals surface area contributed by atoms with Crippen LogP contribution in [0.4, 0.5) is 19.4 Å². The lowest BCUT2D eigenvalue weighted by Gasteiger charge is -2.45. The van der Waals surface area contributed by atoms with E-state index in [4.69, 9.17) is 5.11 Å². The van der Waals surface area contributed by atoms with Crippen LogP contribution in [0.1, 0.15) is 13.3 Å². The molecule has 0 bridgehead atoms. The molecular weight excluding hydrogens is 235 g/mol. The van der Waals surface area contributed by atoms with E-state index in [-0.39, 0.29) is 6.92 Å². The summed E-state index contributed by atoms with van der Waals surface area (Å²) in [5.74, 6) is -4.00. The molecule has 0 aromatic rings. The van der Waals surface area contributed by atoms with Crippen LogP contribution < -0.4 is 0 Å². The van der Waals surface area contributed by atoms with E-state index in [1.807, 2.05) is 0 Å². The number of carboxylic acid groups (broad SMARTS) is 1. The van der Waals surface area contributed by atoms with Gasteiger partial charge in [0.1, 0.15) is 0 Å². The molecular formula is C5H7F5O3S. The summed E-state index contributed by atoms with van der Waals surface area (Å²) in [5, 5.41) is 4.26. The van der Waals surface area contributed by atoms with E-state index in [0.717, 1.165) is 0 Å². The van der Waals surface area contributed by atoms with Gasteiger partial charge in [-0.2, -0.15) is 0 Å². The molecule has 1 N–H and O–H groups in total. The van der Waals surface area contributed by atoms with E-state index in [1.165, 1.54) is 0 Å². The number of ketones is 1. The van der Waals surface area contributed by atoms with Crippen LogP contribution in [0.25, 0.3) is 0 Å². The lowest BCUT2D eigenvalue weighted by molar-refractivity contribution is -0.138. The van der Waals surface area contributed by atoms with Crippen molar-refractivity contribution in [1.82, 2.24) is 0 Å². The molecule has 0 saturated heterocycles. The molecule has 0 rings (SSSR count). The number of halogens is 5. The van der Waals surface area contributed by atoms with Crippen molar-refractivity contribution in [2.24, 2.45) is 0 Å². The molecule has 0 radical (unpaired) electrons. The number of Topliss-reactive ketones (excluding diaryl/α,β-unsaturated/α-hetero) is 1. The Morgan fingerprint density at radius 3 is 1.64 bits per heavy atom. The Labute approximate surface area is 75.6 Å². The summed E-state index contributed by atoms with van der Waals surface area (Å²) in [6, 6.07) is 0. The number of carbonyl (C=O) groups is 2. The first-order valence-electron chi connectivity index (χ1n) is 3.19. The predicted molar refractivity (Wildman–Crippen MR) is 39.9 cm³/mol. The fraction of sp³-hybridized carbons (Fsp3) is 0.600. The molecule has 0 aliphatic heterocycles. The zero-order valence-corrected chi connectivity index (χ0v) is 7.66. The van der Waals surface area contributed by atoms with Crippen LogP contribution in [-0.2, 0) is 9.59 Å². The Morgan fingerprint density at radius 2 is 1.57 bits per heavy atom. The number of hydrogen-bond acceptors (Lipinski definition) is 2. The molecule has 0 aliphatic carbocycles. The van der Waals surface area contributed by atoms with E-state index in [1.54, 1.807) is 0 Å². The fourth-order valence-electron chi connectivity index (χ4n) is 0.773. The van der Waals surface area contributed by atoms with Gasteiger partial charge in [-0.3, -0.25) is 9.59 Å². The van der Waals surface area contributed by atoms with Gasteiger partial charge in [-0.05, 0) is 6.92 Å². The van der Waals surface area contributed by atoms with Crippen molar-refractivity contribution in [3.8, 4) is 0 Å². The van der Waals surface area contributed by atoms with E-state index in [9.17, 15) is 29.0 Å². The standard InChI is InChI=1S/C5H7F5O3S/c1-3(11)4(2-5(12)13)14(6,7,8,9)10/h4H,2H2,1H3,(H,12,13). The van der Waals surface area contributed by atoms with Gasteiger partial charge in [-0.25, -0.2) is 0 Å². The highest BCUT2D eigenvalue weighted by molar-refractivity contribution is 8.46. The van der Waals surface area contributed by atoms with E-state index >= 15 is 0 Å². The highest BCUT2D eigenvalue weighted by atomic mass is 32.5. The van der Waals surface area contributed by atoms with Gasteiger partial charge in [0.15, 0.2) is 11.0 Å². The summed E-state index contributed by atoms with van der Waals surface area (Å²) in [7, 11) is -10.0. The molecule has 0 aromatic carbocycles. The van der Waals surface area contributed by atoms with Gasteiger partial charge in [0, 0.05) is 0 Å². The first-order chi connectivity index (χ1) is 5.74. The summed E-state index contributed by atoms with van der Waals surface area (Å²) in [6.45, 7) is 0.283. The maximum Gasteiger partial charge on any atom is 0.305 e. The highest BCUT2D eigenvalue weighted by Crippen LogP contribution is 3.00. The SMILES string of the molecule is CC(=O)C(CC(=O)O)S(F)(F)(F)(F)F. The molecule has 0 heterocycles. The van der Waals surface area contributed by atoms with Gasteiger partial charge in [0.05, 0.1) is 6.42 Å². The highest BCUT2D eigenvalue weighted by Gasteiger charge is 2.72. The van der Waals surface area contributed by atoms with Crippen molar-refractivity contribution in [2.45, 2.75) is 18.6 Å². The number of aliphatic carboxylic acids is 1. The first kappa shape index (κ1) is 13.1. The van der Waals surface area contributed by atoms with E-state index < -0.39 is 33.6 Å². The molecule has 9 heteroatoms. The normalized spacial score (nSPS) is 19.3. The topological polar surface area (TPSA) is 54.4 Å². The summed E-state index contributed by atoms with van der Waals surface area (Å²) in [6.07, 6.45) is -1.94. The van der Waals surface area contributed by atoms with Gasteiger partial charge in [0.25, 0.3) is 10.2 Å². The third-order valence-electron chi connectivity index (χ3n) is 1.35. The fourth-order valence-corrected chi connectivity index (χ4v) is 1.86. The second kappa shape index (κ2) is 2.59.